The molecule has 0 spiro atoms. The van der Waals surface area contributed by atoms with Crippen LogP contribution in [0.1, 0.15) is 12.1 Å². The van der Waals surface area contributed by atoms with E-state index in [1.54, 1.807) is 12.1 Å². The van der Waals surface area contributed by atoms with Gasteiger partial charge in [0.05, 0.1) is 13.0 Å². The molecule has 1 aromatic carbocycles. The van der Waals surface area contributed by atoms with Crippen LogP contribution in [0.15, 0.2) is 35.4 Å². The van der Waals surface area contributed by atoms with Gasteiger partial charge in [-0.2, -0.15) is 0 Å². The van der Waals surface area contributed by atoms with Crippen LogP contribution in [0, 0.1) is 0 Å². The van der Waals surface area contributed by atoms with Crippen molar-refractivity contribution < 1.29 is 9.90 Å². The van der Waals surface area contributed by atoms with Crippen molar-refractivity contribution >= 4 is 28.3 Å². The molecule has 0 bridgehead atoms. The minimum Gasteiger partial charge on any atom is -0.508 e. The Hall–Kier alpha value is -3.49. The first-order valence-corrected chi connectivity index (χ1v) is 8.74. The summed E-state index contributed by atoms with van der Waals surface area (Å²) >= 11 is 0. The van der Waals surface area contributed by atoms with Crippen molar-refractivity contribution in [2.75, 3.05) is 30.0 Å². The van der Waals surface area contributed by atoms with Crippen molar-refractivity contribution in [2.24, 2.45) is 0 Å². The van der Waals surface area contributed by atoms with Gasteiger partial charge in [0, 0.05) is 42.5 Å². The van der Waals surface area contributed by atoms with Crippen molar-refractivity contribution in [3.05, 3.63) is 46.6 Å². The van der Waals surface area contributed by atoms with Gasteiger partial charge in [-0.25, -0.2) is 4.98 Å². The molecule has 0 saturated heterocycles. The number of carbonyl (C=O) groups excluding carboxylic acids is 1. The molecule has 0 radical (unpaired) electrons. The number of carbonyl (C=O) groups is 1. The molecule has 1 amide bonds. The van der Waals surface area contributed by atoms with E-state index >= 15 is 0 Å². The molecule has 140 valence electrons. The summed E-state index contributed by atoms with van der Waals surface area (Å²) in [6.07, 6.45) is 2.35. The highest BCUT2D eigenvalue weighted by Gasteiger charge is 2.22. The lowest BCUT2D eigenvalue weighted by Gasteiger charge is -2.16. The molecule has 4 rings (SSSR count). The number of aromatic hydroxyl groups is 1. The minimum atomic E-state index is -0.210. The average molecular weight is 368 g/mol. The maximum absolute atomic E-state index is 12.1. The highest BCUT2D eigenvalue weighted by molar-refractivity contribution is 5.82. The fourth-order valence-corrected chi connectivity index (χ4v) is 3.20. The number of H-pyrrole nitrogens is 2. The molecule has 1 aliphatic heterocycles. The normalized spacial score (nSPS) is 12.8. The minimum absolute atomic E-state index is 0.0537. The van der Waals surface area contributed by atoms with E-state index in [1.807, 2.05) is 17.0 Å². The van der Waals surface area contributed by atoms with Crippen molar-refractivity contribution in [1.29, 1.82) is 0 Å². The summed E-state index contributed by atoms with van der Waals surface area (Å²) in [5.74, 6) is 0.755. The third-order valence-corrected chi connectivity index (χ3v) is 4.56. The maximum atomic E-state index is 12.1. The van der Waals surface area contributed by atoms with Crippen LogP contribution < -0.4 is 21.1 Å². The van der Waals surface area contributed by atoms with Crippen molar-refractivity contribution in [2.45, 2.75) is 12.8 Å². The molecular weight excluding hydrogens is 348 g/mol. The SMILES string of the molecule is O=C(CCN1CNc2c1nc[nH]c2=O)NCCc1cc2cc(O)ccc2[nH]1. The number of fused-ring (bicyclic) bond motifs is 2. The van der Waals surface area contributed by atoms with Crippen LogP contribution in [-0.4, -0.2) is 45.7 Å². The van der Waals surface area contributed by atoms with Gasteiger partial charge in [-0.3, -0.25) is 9.59 Å². The highest BCUT2D eigenvalue weighted by Crippen LogP contribution is 2.24. The Kier molecular flexibility index (Phi) is 4.41. The van der Waals surface area contributed by atoms with Crippen LogP contribution in [0.5, 0.6) is 5.75 Å². The van der Waals surface area contributed by atoms with E-state index < -0.39 is 0 Å². The first-order valence-electron chi connectivity index (χ1n) is 8.74. The zero-order chi connectivity index (χ0) is 18.8. The van der Waals surface area contributed by atoms with Gasteiger partial charge < -0.3 is 30.6 Å². The number of nitrogens with one attached hydrogen (secondary N) is 4. The van der Waals surface area contributed by atoms with E-state index in [0.29, 0.717) is 44.1 Å². The quantitative estimate of drug-likeness (QED) is 0.440. The van der Waals surface area contributed by atoms with Crippen molar-refractivity contribution in [1.82, 2.24) is 20.3 Å². The number of anilines is 2. The summed E-state index contributed by atoms with van der Waals surface area (Å²) in [5.41, 5.74) is 2.19. The predicted molar refractivity (Wildman–Crippen MR) is 102 cm³/mol. The fourth-order valence-electron chi connectivity index (χ4n) is 3.20. The summed E-state index contributed by atoms with van der Waals surface area (Å²) in [7, 11) is 0. The molecule has 5 N–H and O–H groups in total. The number of nitrogens with zero attached hydrogens (tertiary/aromatic N) is 2. The molecule has 0 atom stereocenters. The number of hydrogen-bond acceptors (Lipinski definition) is 6. The molecule has 9 heteroatoms. The number of phenolic OH excluding ortho intramolecular Hbond substituents is 1. The molecule has 2 aromatic heterocycles. The van der Waals surface area contributed by atoms with E-state index in [4.69, 9.17) is 0 Å². The van der Waals surface area contributed by atoms with Crippen LogP contribution in [0.3, 0.4) is 0 Å². The first-order chi connectivity index (χ1) is 13.1. The van der Waals surface area contributed by atoms with E-state index in [0.717, 1.165) is 16.6 Å². The summed E-state index contributed by atoms with van der Waals surface area (Å²) < 4.78 is 0. The lowest BCUT2D eigenvalue weighted by Crippen LogP contribution is -2.32. The van der Waals surface area contributed by atoms with Gasteiger partial charge in [0.15, 0.2) is 5.82 Å². The lowest BCUT2D eigenvalue weighted by atomic mass is 10.2. The molecule has 0 fully saturated rings. The number of phenols is 1. The predicted octanol–water partition coefficient (Wildman–Crippen LogP) is 0.895. The zero-order valence-corrected chi connectivity index (χ0v) is 14.6. The molecule has 3 aromatic rings. The monoisotopic (exact) mass is 368 g/mol. The molecular formula is C18H20N6O3. The van der Waals surface area contributed by atoms with Crippen LogP contribution in [0.4, 0.5) is 11.5 Å². The van der Waals surface area contributed by atoms with E-state index in [1.165, 1.54) is 6.33 Å². The van der Waals surface area contributed by atoms with E-state index in [-0.39, 0.29) is 17.2 Å². The van der Waals surface area contributed by atoms with Gasteiger partial charge in [0.25, 0.3) is 5.56 Å². The molecule has 1 aliphatic rings. The highest BCUT2D eigenvalue weighted by atomic mass is 16.3. The van der Waals surface area contributed by atoms with Gasteiger partial charge in [-0.05, 0) is 24.3 Å². The Labute approximate surface area is 154 Å². The molecule has 0 saturated carbocycles. The molecule has 0 unspecified atom stereocenters. The second-order valence-corrected chi connectivity index (χ2v) is 6.44. The fraction of sp³-hybridized carbons (Fsp3) is 0.278. The number of amides is 1. The number of aromatic nitrogens is 3. The number of benzene rings is 1. The molecule has 9 nitrogen and oxygen atoms in total. The van der Waals surface area contributed by atoms with E-state index in [9.17, 15) is 14.7 Å². The topological polar surface area (TPSA) is 126 Å². The Bertz CT molecular complexity index is 1040. The smallest absolute Gasteiger partial charge is 0.276 e. The van der Waals surface area contributed by atoms with Gasteiger partial charge >= 0.3 is 0 Å². The second kappa shape index (κ2) is 7.02. The van der Waals surface area contributed by atoms with Crippen LogP contribution in [0.25, 0.3) is 10.9 Å². The van der Waals surface area contributed by atoms with Gasteiger partial charge in [0.1, 0.15) is 11.4 Å². The second-order valence-electron chi connectivity index (χ2n) is 6.44. The number of rotatable bonds is 6. The van der Waals surface area contributed by atoms with Gasteiger partial charge in [0.2, 0.25) is 5.91 Å². The summed E-state index contributed by atoms with van der Waals surface area (Å²) in [5, 5.41) is 16.3. The summed E-state index contributed by atoms with van der Waals surface area (Å²) in [6.45, 7) is 1.46. The standard InChI is InChI=1S/C18H20N6O3/c25-13-1-2-14-11(8-13)7-12(23-14)3-5-19-15(26)4-6-24-10-22-16-17(24)20-9-21-18(16)27/h1-2,7-9,22-23,25H,3-6,10H2,(H,19,26)(H,20,21,27). The molecule has 0 aliphatic carbocycles. The first kappa shape index (κ1) is 17.0. The van der Waals surface area contributed by atoms with Crippen molar-refractivity contribution in [3.8, 4) is 5.75 Å². The lowest BCUT2D eigenvalue weighted by molar-refractivity contribution is -0.120. The number of hydrogen-bond donors (Lipinski definition) is 5. The molecule has 3 heterocycles. The number of aromatic amines is 2. The third-order valence-electron chi connectivity index (χ3n) is 4.56. The Morgan fingerprint density at radius 1 is 1.33 bits per heavy atom. The third kappa shape index (κ3) is 3.57. The van der Waals surface area contributed by atoms with Crippen LogP contribution in [-0.2, 0) is 11.2 Å². The Morgan fingerprint density at radius 2 is 2.22 bits per heavy atom. The van der Waals surface area contributed by atoms with Crippen LogP contribution in [0.2, 0.25) is 0 Å². The largest absolute Gasteiger partial charge is 0.508 e. The average Bonchev–Trinajstić information content (AvgIpc) is 3.24. The molecule has 27 heavy (non-hydrogen) atoms. The van der Waals surface area contributed by atoms with E-state index in [2.05, 4.69) is 25.6 Å². The van der Waals surface area contributed by atoms with Gasteiger partial charge in [-0.1, -0.05) is 0 Å². The maximum Gasteiger partial charge on any atom is 0.276 e. The summed E-state index contributed by atoms with van der Waals surface area (Å²) in [4.78, 5) is 35.6. The Balaban J connectivity index is 1.26. The zero-order valence-electron chi connectivity index (χ0n) is 14.6. The van der Waals surface area contributed by atoms with Crippen LogP contribution >= 0.6 is 0 Å². The Morgan fingerprint density at radius 3 is 3.11 bits per heavy atom. The summed E-state index contributed by atoms with van der Waals surface area (Å²) in [6, 6.07) is 7.14. The van der Waals surface area contributed by atoms with Crippen molar-refractivity contribution in [3.63, 3.8) is 0 Å². The van der Waals surface area contributed by atoms with Gasteiger partial charge in [-0.15, -0.1) is 0 Å².